The van der Waals surface area contributed by atoms with E-state index in [0.29, 0.717) is 0 Å². The van der Waals surface area contributed by atoms with E-state index in [9.17, 15) is 0 Å². The topological polar surface area (TPSA) is 31.6 Å². The average molecular weight is 311 g/mol. The summed E-state index contributed by atoms with van der Waals surface area (Å²) in [5.41, 5.74) is 3.34. The van der Waals surface area contributed by atoms with Crippen molar-refractivity contribution in [3.8, 4) is 11.5 Å². The number of alkyl halides is 1. The molecule has 18 heavy (non-hydrogen) atoms. The number of ether oxygens (including phenoxy) is 2. The first-order valence-electron chi connectivity index (χ1n) is 5.56. The molecule has 2 aromatic rings. The van der Waals surface area contributed by atoms with E-state index in [1.165, 1.54) is 0 Å². The Morgan fingerprint density at radius 2 is 1.83 bits per heavy atom. The number of halogens is 1. The maximum atomic E-state index is 5.33. The Morgan fingerprint density at radius 3 is 2.39 bits per heavy atom. The summed E-state index contributed by atoms with van der Waals surface area (Å²) in [4.78, 5) is 0.0797. The summed E-state index contributed by atoms with van der Waals surface area (Å²) in [6.45, 7) is 2.05. The van der Waals surface area contributed by atoms with E-state index in [1.807, 2.05) is 25.1 Å². The maximum Gasteiger partial charge on any atom is 0.161 e. The highest BCUT2D eigenvalue weighted by Crippen LogP contribution is 2.38. The van der Waals surface area contributed by atoms with E-state index in [1.54, 1.807) is 26.7 Å². The minimum atomic E-state index is 0.0797. The third-order valence-corrected chi connectivity index (χ3v) is 3.90. The van der Waals surface area contributed by atoms with E-state index >= 15 is 0 Å². The van der Waals surface area contributed by atoms with Crippen LogP contribution in [0.15, 0.2) is 35.1 Å². The van der Waals surface area contributed by atoms with E-state index in [0.717, 1.165) is 28.2 Å². The molecule has 0 bridgehead atoms. The molecule has 1 heterocycles. The number of hydrogen-bond acceptors (Lipinski definition) is 3. The first-order valence-corrected chi connectivity index (χ1v) is 6.47. The van der Waals surface area contributed by atoms with Crippen LogP contribution in [0.1, 0.15) is 21.5 Å². The Bertz CT molecular complexity index is 520. The predicted molar refractivity (Wildman–Crippen MR) is 73.8 cm³/mol. The number of rotatable bonds is 4. The van der Waals surface area contributed by atoms with Crippen molar-refractivity contribution in [3.63, 3.8) is 0 Å². The van der Waals surface area contributed by atoms with Crippen LogP contribution in [0.4, 0.5) is 0 Å². The Kier molecular flexibility index (Phi) is 3.97. The number of methoxy groups -OCH3 is 2. The Morgan fingerprint density at radius 1 is 1.17 bits per heavy atom. The van der Waals surface area contributed by atoms with Crippen molar-refractivity contribution in [2.75, 3.05) is 14.2 Å². The van der Waals surface area contributed by atoms with Crippen LogP contribution in [-0.2, 0) is 0 Å². The minimum absolute atomic E-state index is 0.0797. The molecule has 0 saturated heterocycles. The SMILES string of the molecule is COc1cc(C)c(C(Br)c2ccoc2)cc1OC. The van der Waals surface area contributed by atoms with Gasteiger partial charge in [-0.2, -0.15) is 0 Å². The highest BCUT2D eigenvalue weighted by Gasteiger charge is 2.17. The summed E-state index contributed by atoms with van der Waals surface area (Å²) >= 11 is 3.68. The van der Waals surface area contributed by atoms with Crippen molar-refractivity contribution in [2.45, 2.75) is 11.8 Å². The Hall–Kier alpha value is -1.42. The van der Waals surface area contributed by atoms with Gasteiger partial charge in [-0.3, -0.25) is 0 Å². The van der Waals surface area contributed by atoms with Gasteiger partial charge in [-0.1, -0.05) is 15.9 Å². The number of aryl methyl sites for hydroxylation is 1. The zero-order chi connectivity index (χ0) is 13.1. The zero-order valence-electron chi connectivity index (χ0n) is 10.6. The molecule has 4 heteroatoms. The van der Waals surface area contributed by atoms with Crippen molar-refractivity contribution < 1.29 is 13.9 Å². The van der Waals surface area contributed by atoms with Crippen molar-refractivity contribution in [2.24, 2.45) is 0 Å². The normalized spacial score (nSPS) is 12.2. The molecule has 1 atom stereocenters. The van der Waals surface area contributed by atoms with Gasteiger partial charge in [0, 0.05) is 5.56 Å². The van der Waals surface area contributed by atoms with Crippen LogP contribution in [0.5, 0.6) is 11.5 Å². The van der Waals surface area contributed by atoms with E-state index in [4.69, 9.17) is 13.9 Å². The molecule has 0 amide bonds. The van der Waals surface area contributed by atoms with Crippen LogP contribution in [0.3, 0.4) is 0 Å². The van der Waals surface area contributed by atoms with Gasteiger partial charge in [-0.05, 0) is 36.2 Å². The van der Waals surface area contributed by atoms with Gasteiger partial charge in [0.05, 0.1) is 31.6 Å². The summed E-state index contributed by atoms with van der Waals surface area (Å²) in [6, 6.07) is 5.90. The lowest BCUT2D eigenvalue weighted by atomic mass is 10.0. The molecule has 0 aliphatic carbocycles. The van der Waals surface area contributed by atoms with Crippen LogP contribution < -0.4 is 9.47 Å². The molecule has 3 nitrogen and oxygen atoms in total. The lowest BCUT2D eigenvalue weighted by Crippen LogP contribution is -1.98. The summed E-state index contributed by atoms with van der Waals surface area (Å²) in [5.74, 6) is 1.47. The first-order chi connectivity index (χ1) is 8.67. The molecule has 1 aromatic carbocycles. The van der Waals surface area contributed by atoms with Gasteiger partial charge >= 0.3 is 0 Å². The maximum absolute atomic E-state index is 5.33. The number of furan rings is 1. The van der Waals surface area contributed by atoms with Gasteiger partial charge in [0.15, 0.2) is 11.5 Å². The van der Waals surface area contributed by atoms with E-state index < -0.39 is 0 Å². The van der Waals surface area contributed by atoms with Crippen LogP contribution in [-0.4, -0.2) is 14.2 Å². The number of hydrogen-bond donors (Lipinski definition) is 0. The van der Waals surface area contributed by atoms with Crippen molar-refractivity contribution in [1.82, 2.24) is 0 Å². The summed E-state index contributed by atoms with van der Waals surface area (Å²) in [6.07, 6.45) is 3.40. The molecular formula is C14H15BrO3. The summed E-state index contributed by atoms with van der Waals surface area (Å²) < 4.78 is 15.7. The smallest absolute Gasteiger partial charge is 0.161 e. The minimum Gasteiger partial charge on any atom is -0.493 e. The molecule has 1 unspecified atom stereocenters. The molecule has 0 N–H and O–H groups in total. The highest BCUT2D eigenvalue weighted by atomic mass is 79.9. The fourth-order valence-electron chi connectivity index (χ4n) is 1.87. The third kappa shape index (κ3) is 2.38. The fraction of sp³-hybridized carbons (Fsp3) is 0.286. The second-order valence-corrected chi connectivity index (χ2v) is 4.90. The van der Waals surface area contributed by atoms with Gasteiger partial charge in [-0.25, -0.2) is 0 Å². The van der Waals surface area contributed by atoms with Crippen molar-refractivity contribution >= 4 is 15.9 Å². The molecule has 0 radical (unpaired) electrons. The number of benzene rings is 1. The third-order valence-electron chi connectivity index (χ3n) is 2.88. The second-order valence-electron chi connectivity index (χ2n) is 3.98. The fourth-order valence-corrected chi connectivity index (χ4v) is 2.62. The molecule has 0 fully saturated rings. The average Bonchev–Trinajstić information content (AvgIpc) is 2.91. The second kappa shape index (κ2) is 5.48. The Labute approximate surface area is 115 Å². The van der Waals surface area contributed by atoms with Crippen molar-refractivity contribution in [3.05, 3.63) is 47.4 Å². The molecule has 0 aliphatic rings. The van der Waals surface area contributed by atoms with Gasteiger partial charge < -0.3 is 13.9 Å². The van der Waals surface area contributed by atoms with Gasteiger partial charge in [0.1, 0.15) is 0 Å². The quantitative estimate of drug-likeness (QED) is 0.797. The molecule has 96 valence electrons. The van der Waals surface area contributed by atoms with Gasteiger partial charge in [0.2, 0.25) is 0 Å². The standard InChI is InChI=1S/C14H15BrO3/c1-9-6-12(16-2)13(17-3)7-11(9)14(15)10-4-5-18-8-10/h4-8,14H,1-3H3. The first kappa shape index (κ1) is 13.0. The van der Waals surface area contributed by atoms with Crippen LogP contribution in [0.2, 0.25) is 0 Å². The van der Waals surface area contributed by atoms with Crippen LogP contribution in [0.25, 0.3) is 0 Å². The Balaban J connectivity index is 2.45. The lowest BCUT2D eigenvalue weighted by molar-refractivity contribution is 0.354. The molecular weight excluding hydrogens is 296 g/mol. The van der Waals surface area contributed by atoms with Crippen LogP contribution >= 0.6 is 15.9 Å². The summed E-state index contributed by atoms with van der Waals surface area (Å²) in [7, 11) is 3.27. The molecule has 0 aliphatic heterocycles. The largest absolute Gasteiger partial charge is 0.493 e. The molecule has 0 spiro atoms. The molecule has 2 rings (SSSR count). The predicted octanol–water partition coefficient (Wildman–Crippen LogP) is 4.09. The molecule has 0 saturated carbocycles. The van der Waals surface area contributed by atoms with Gasteiger partial charge in [-0.15, -0.1) is 0 Å². The van der Waals surface area contributed by atoms with Crippen molar-refractivity contribution in [1.29, 1.82) is 0 Å². The zero-order valence-corrected chi connectivity index (χ0v) is 12.2. The van der Waals surface area contributed by atoms with E-state index in [2.05, 4.69) is 15.9 Å². The molecule has 1 aromatic heterocycles. The summed E-state index contributed by atoms with van der Waals surface area (Å²) in [5, 5.41) is 0. The monoisotopic (exact) mass is 310 g/mol. The highest BCUT2D eigenvalue weighted by molar-refractivity contribution is 9.09. The van der Waals surface area contributed by atoms with E-state index in [-0.39, 0.29) is 4.83 Å². The van der Waals surface area contributed by atoms with Gasteiger partial charge in [0.25, 0.3) is 0 Å². The van der Waals surface area contributed by atoms with Crippen LogP contribution in [0, 0.1) is 6.92 Å². The lowest BCUT2D eigenvalue weighted by Gasteiger charge is -2.15.